The highest BCUT2D eigenvalue weighted by Gasteiger charge is 2.09. The topological polar surface area (TPSA) is 72.0 Å². The lowest BCUT2D eigenvalue weighted by atomic mass is 10.2. The highest BCUT2D eigenvalue weighted by Crippen LogP contribution is 2.20. The largest absolute Gasteiger partial charge is 0.264 e. The summed E-state index contributed by atoms with van der Waals surface area (Å²) >= 11 is 1.43. The molecule has 2 heterocycles. The number of sulfonamides is 1. The molecule has 18 heavy (non-hydrogen) atoms. The Bertz CT molecular complexity index is 608. The van der Waals surface area contributed by atoms with Crippen molar-refractivity contribution in [2.75, 3.05) is 5.75 Å². The molecular weight excluding hydrogens is 270 g/mol. The minimum absolute atomic E-state index is 0.0772. The number of aromatic nitrogens is 2. The molecule has 0 spiro atoms. The molecule has 0 fully saturated rings. The Hall–Kier alpha value is -1.31. The predicted molar refractivity (Wildman–Crippen MR) is 71.6 cm³/mol. The van der Waals surface area contributed by atoms with Crippen molar-refractivity contribution in [3.63, 3.8) is 0 Å². The van der Waals surface area contributed by atoms with E-state index in [1.165, 1.54) is 11.3 Å². The molecule has 0 amide bonds. The molecule has 0 aromatic carbocycles. The van der Waals surface area contributed by atoms with Gasteiger partial charge in [-0.15, -0.1) is 11.3 Å². The van der Waals surface area contributed by atoms with Crippen LogP contribution in [0.15, 0.2) is 29.9 Å². The van der Waals surface area contributed by atoms with Crippen molar-refractivity contribution in [1.29, 1.82) is 0 Å². The highest BCUT2D eigenvalue weighted by atomic mass is 32.2. The molecule has 7 heteroatoms. The number of nitrogens with one attached hydrogen (secondary N) is 1. The third-order valence-electron chi connectivity index (χ3n) is 2.33. The van der Waals surface area contributed by atoms with E-state index in [9.17, 15) is 8.42 Å². The Balaban J connectivity index is 2.08. The lowest BCUT2D eigenvalue weighted by molar-refractivity contribution is 0.582. The van der Waals surface area contributed by atoms with Crippen molar-refractivity contribution in [3.8, 4) is 11.3 Å². The highest BCUT2D eigenvalue weighted by molar-refractivity contribution is 7.89. The van der Waals surface area contributed by atoms with Crippen LogP contribution in [0.3, 0.4) is 0 Å². The molecule has 0 aliphatic heterocycles. The molecule has 0 radical (unpaired) electrons. The maximum Gasteiger partial charge on any atom is 0.211 e. The van der Waals surface area contributed by atoms with Gasteiger partial charge in [-0.05, 0) is 19.1 Å². The van der Waals surface area contributed by atoms with Crippen LogP contribution in [0.25, 0.3) is 11.3 Å². The van der Waals surface area contributed by atoms with Gasteiger partial charge in [-0.3, -0.25) is 4.98 Å². The molecule has 0 saturated heterocycles. The normalized spacial score (nSPS) is 11.6. The lowest BCUT2D eigenvalue weighted by Gasteiger charge is -2.00. The fraction of sp³-hybridized carbons (Fsp3) is 0.273. The van der Waals surface area contributed by atoms with Crippen LogP contribution >= 0.6 is 11.3 Å². The van der Waals surface area contributed by atoms with E-state index >= 15 is 0 Å². The summed E-state index contributed by atoms with van der Waals surface area (Å²) in [6.07, 6.45) is 3.43. The standard InChI is InChI=1S/C11H13N3O2S2/c1-2-18(15,16)13-7-11-14-10(8-17-11)9-4-3-5-12-6-9/h3-6,8,13H,2,7H2,1H3. The first-order chi connectivity index (χ1) is 8.61. The van der Waals surface area contributed by atoms with E-state index in [1.807, 2.05) is 17.5 Å². The number of hydrogen-bond acceptors (Lipinski definition) is 5. The molecule has 2 aromatic heterocycles. The minimum atomic E-state index is -3.17. The van der Waals surface area contributed by atoms with Crippen LogP contribution in [0.1, 0.15) is 11.9 Å². The van der Waals surface area contributed by atoms with Crippen LogP contribution in [-0.2, 0) is 16.6 Å². The zero-order valence-electron chi connectivity index (χ0n) is 9.83. The smallest absolute Gasteiger partial charge is 0.211 e. The molecule has 0 saturated carbocycles. The summed E-state index contributed by atoms with van der Waals surface area (Å²) < 4.78 is 25.1. The molecular formula is C11H13N3O2S2. The SMILES string of the molecule is CCS(=O)(=O)NCc1nc(-c2cccnc2)cs1. The van der Waals surface area contributed by atoms with Gasteiger partial charge < -0.3 is 0 Å². The van der Waals surface area contributed by atoms with Gasteiger partial charge in [0.1, 0.15) is 5.01 Å². The van der Waals surface area contributed by atoms with Gasteiger partial charge in [0.15, 0.2) is 0 Å². The third kappa shape index (κ3) is 3.34. The summed E-state index contributed by atoms with van der Waals surface area (Å²) in [4.78, 5) is 8.39. The molecule has 1 N–H and O–H groups in total. The van der Waals surface area contributed by atoms with Gasteiger partial charge in [0.2, 0.25) is 10.0 Å². The second kappa shape index (κ2) is 5.55. The van der Waals surface area contributed by atoms with Crippen LogP contribution in [0.4, 0.5) is 0 Å². The fourth-order valence-electron chi connectivity index (χ4n) is 1.31. The molecule has 0 unspecified atom stereocenters. The molecule has 0 aliphatic rings. The Kier molecular flexibility index (Phi) is 4.05. The predicted octanol–water partition coefficient (Wildman–Crippen LogP) is 1.64. The van der Waals surface area contributed by atoms with Crippen LogP contribution in [0.2, 0.25) is 0 Å². The van der Waals surface area contributed by atoms with Gasteiger partial charge in [0, 0.05) is 23.3 Å². The summed E-state index contributed by atoms with van der Waals surface area (Å²) in [5.41, 5.74) is 1.75. The quantitative estimate of drug-likeness (QED) is 0.905. The molecule has 2 aromatic rings. The van der Waals surface area contributed by atoms with Crippen molar-refractivity contribution in [2.24, 2.45) is 0 Å². The molecule has 0 aliphatic carbocycles. The number of rotatable bonds is 5. The first-order valence-electron chi connectivity index (χ1n) is 5.43. The van der Waals surface area contributed by atoms with E-state index < -0.39 is 10.0 Å². The van der Waals surface area contributed by atoms with Crippen molar-refractivity contribution in [2.45, 2.75) is 13.5 Å². The minimum Gasteiger partial charge on any atom is -0.264 e. The second-order valence-corrected chi connectivity index (χ2v) is 6.63. The average Bonchev–Trinajstić information content (AvgIpc) is 2.86. The maximum atomic E-state index is 11.3. The zero-order chi connectivity index (χ0) is 13.0. The average molecular weight is 283 g/mol. The molecule has 96 valence electrons. The fourth-order valence-corrected chi connectivity index (χ4v) is 2.71. The summed E-state index contributed by atoms with van der Waals surface area (Å²) in [7, 11) is -3.17. The summed E-state index contributed by atoms with van der Waals surface area (Å²) in [5, 5.41) is 2.64. The maximum absolute atomic E-state index is 11.3. The summed E-state index contributed by atoms with van der Waals surface area (Å²) in [6, 6.07) is 3.76. The van der Waals surface area contributed by atoms with E-state index in [0.29, 0.717) is 0 Å². The first-order valence-corrected chi connectivity index (χ1v) is 7.96. The third-order valence-corrected chi connectivity index (χ3v) is 4.53. The van der Waals surface area contributed by atoms with Gasteiger partial charge in [-0.1, -0.05) is 0 Å². The zero-order valence-corrected chi connectivity index (χ0v) is 11.5. The van der Waals surface area contributed by atoms with Crippen molar-refractivity contribution in [1.82, 2.24) is 14.7 Å². The van der Waals surface area contributed by atoms with Crippen LogP contribution in [0, 0.1) is 0 Å². The van der Waals surface area contributed by atoms with Gasteiger partial charge in [-0.2, -0.15) is 0 Å². The van der Waals surface area contributed by atoms with Crippen LogP contribution in [-0.4, -0.2) is 24.1 Å². The van der Waals surface area contributed by atoms with Gasteiger partial charge in [-0.25, -0.2) is 18.1 Å². The van der Waals surface area contributed by atoms with Crippen molar-refractivity contribution >= 4 is 21.4 Å². The number of thiazole rings is 1. The second-order valence-electron chi connectivity index (χ2n) is 3.59. The molecule has 5 nitrogen and oxygen atoms in total. The number of pyridine rings is 1. The molecule has 2 rings (SSSR count). The molecule has 0 atom stereocenters. The Morgan fingerprint density at radius 3 is 2.94 bits per heavy atom. The van der Waals surface area contributed by atoms with Crippen molar-refractivity contribution in [3.05, 3.63) is 34.9 Å². The Labute approximate surface area is 110 Å². The Morgan fingerprint density at radius 2 is 2.28 bits per heavy atom. The molecule has 0 bridgehead atoms. The van der Waals surface area contributed by atoms with Gasteiger partial charge in [0.05, 0.1) is 18.0 Å². The van der Waals surface area contributed by atoms with Crippen LogP contribution in [0.5, 0.6) is 0 Å². The van der Waals surface area contributed by atoms with E-state index in [0.717, 1.165) is 16.3 Å². The summed E-state index contributed by atoms with van der Waals surface area (Å²) in [5.74, 6) is 0.0772. The number of hydrogen-bond donors (Lipinski definition) is 1. The van der Waals surface area contributed by atoms with E-state index in [1.54, 1.807) is 19.3 Å². The van der Waals surface area contributed by atoms with Gasteiger partial charge in [0.25, 0.3) is 0 Å². The van der Waals surface area contributed by atoms with Crippen molar-refractivity contribution < 1.29 is 8.42 Å². The van der Waals surface area contributed by atoms with Gasteiger partial charge >= 0.3 is 0 Å². The summed E-state index contributed by atoms with van der Waals surface area (Å²) in [6.45, 7) is 1.84. The monoisotopic (exact) mass is 283 g/mol. The lowest BCUT2D eigenvalue weighted by Crippen LogP contribution is -2.24. The van der Waals surface area contributed by atoms with Crippen LogP contribution < -0.4 is 4.72 Å². The number of nitrogens with zero attached hydrogens (tertiary/aromatic N) is 2. The van der Waals surface area contributed by atoms with E-state index in [2.05, 4.69) is 14.7 Å². The Morgan fingerprint density at radius 1 is 1.44 bits per heavy atom. The van der Waals surface area contributed by atoms with E-state index in [-0.39, 0.29) is 12.3 Å². The first kappa shape index (κ1) is 13.1. The van der Waals surface area contributed by atoms with E-state index in [4.69, 9.17) is 0 Å².